The molecule has 0 saturated heterocycles. The Kier molecular flexibility index (Phi) is 7.74. The predicted octanol–water partition coefficient (Wildman–Crippen LogP) is 8.00. The molecule has 0 aliphatic heterocycles. The molecule has 0 bridgehead atoms. The number of halogens is 5. The molecule has 186 valence electrons. The molecule has 1 aromatic heterocycles. The predicted molar refractivity (Wildman–Crippen MR) is 148 cm³/mol. The van der Waals surface area contributed by atoms with Gasteiger partial charge in [-0.25, -0.2) is 0 Å². The van der Waals surface area contributed by atoms with Crippen molar-refractivity contribution in [3.8, 4) is 0 Å². The number of hydrogen-bond donors (Lipinski definition) is 3. The van der Waals surface area contributed by atoms with E-state index in [0.717, 1.165) is 16.5 Å². The van der Waals surface area contributed by atoms with Crippen molar-refractivity contribution in [3.63, 3.8) is 0 Å². The lowest BCUT2D eigenvalue weighted by molar-refractivity contribution is -0.117. The summed E-state index contributed by atoms with van der Waals surface area (Å²) < 4.78 is -1.50. The zero-order valence-electron chi connectivity index (χ0n) is 18.9. The minimum absolute atomic E-state index is 0.139. The monoisotopic (exact) mass is 582 g/mol. The molecule has 0 radical (unpaired) electrons. The lowest BCUT2D eigenvalue weighted by Gasteiger charge is -2.26. The molecule has 0 aliphatic carbocycles. The van der Waals surface area contributed by atoms with E-state index in [1.807, 2.05) is 25.1 Å². The summed E-state index contributed by atoms with van der Waals surface area (Å²) in [5.74, 6) is -1.69. The molecule has 0 spiro atoms. The molecule has 4 aromatic rings. The largest absolute Gasteiger partial charge is 0.325 e. The Morgan fingerprint density at radius 1 is 0.944 bits per heavy atom. The molecule has 1 unspecified atom stereocenters. The van der Waals surface area contributed by atoms with Crippen molar-refractivity contribution >= 4 is 92.2 Å². The second kappa shape index (κ2) is 10.5. The van der Waals surface area contributed by atoms with Gasteiger partial charge in [-0.15, -0.1) is 23.2 Å². The fourth-order valence-corrected chi connectivity index (χ4v) is 5.01. The number of hydrogen-bond acceptors (Lipinski definition) is 3. The smallest absolute Gasteiger partial charge is 0.258 e. The van der Waals surface area contributed by atoms with Crippen LogP contribution in [-0.2, 0) is 4.79 Å². The van der Waals surface area contributed by atoms with Gasteiger partial charge in [0.2, 0.25) is 5.91 Å². The van der Waals surface area contributed by atoms with E-state index >= 15 is 0 Å². The number of aryl methyl sites for hydroxylation is 1. The van der Waals surface area contributed by atoms with Crippen LogP contribution in [0.3, 0.4) is 0 Å². The fraction of sp³-hybridized carbons (Fsp3) is 0.160. The molecule has 0 aliphatic rings. The Balaban J connectivity index is 1.59. The first-order valence-electron chi connectivity index (χ1n) is 10.6. The lowest BCUT2D eigenvalue weighted by Crippen LogP contribution is -2.32. The summed E-state index contributed by atoms with van der Waals surface area (Å²) in [6, 6.07) is 14.9. The molecule has 1 heterocycles. The van der Waals surface area contributed by atoms with Crippen LogP contribution in [-0.4, -0.2) is 26.3 Å². The highest BCUT2D eigenvalue weighted by Crippen LogP contribution is 2.40. The van der Waals surface area contributed by atoms with Gasteiger partial charge in [0, 0.05) is 21.1 Å². The van der Waals surface area contributed by atoms with Crippen LogP contribution in [0.5, 0.6) is 0 Å². The second-order valence-corrected chi connectivity index (χ2v) is 11.4. The number of carbonyl (C=O) groups is 2. The molecule has 1 atom stereocenters. The summed E-state index contributed by atoms with van der Waals surface area (Å²) in [5, 5.41) is 14.2. The number of aromatic nitrogens is 2. The number of alkyl halides is 2. The van der Waals surface area contributed by atoms with E-state index in [1.54, 1.807) is 18.2 Å². The van der Waals surface area contributed by atoms with Crippen LogP contribution in [0.2, 0.25) is 15.1 Å². The van der Waals surface area contributed by atoms with Crippen LogP contribution >= 0.6 is 58.0 Å². The van der Waals surface area contributed by atoms with Gasteiger partial charge in [-0.05, 0) is 73.5 Å². The van der Waals surface area contributed by atoms with Crippen LogP contribution in [0.25, 0.3) is 10.9 Å². The Labute approximate surface area is 232 Å². The topological polar surface area (TPSA) is 86.9 Å². The van der Waals surface area contributed by atoms with Gasteiger partial charge in [0.25, 0.3) is 5.91 Å². The highest BCUT2D eigenvalue weighted by Gasteiger charge is 2.38. The van der Waals surface area contributed by atoms with Gasteiger partial charge in [0.05, 0.1) is 22.0 Å². The first-order chi connectivity index (χ1) is 16.9. The van der Waals surface area contributed by atoms with Crippen molar-refractivity contribution in [1.82, 2.24) is 10.2 Å². The van der Waals surface area contributed by atoms with E-state index in [0.29, 0.717) is 27.1 Å². The lowest BCUT2D eigenvalue weighted by atomic mass is 9.94. The first-order valence-corrected chi connectivity index (χ1v) is 12.5. The van der Waals surface area contributed by atoms with Gasteiger partial charge >= 0.3 is 0 Å². The van der Waals surface area contributed by atoms with E-state index in [1.165, 1.54) is 25.1 Å². The molecule has 2 amide bonds. The number of amides is 2. The van der Waals surface area contributed by atoms with Crippen molar-refractivity contribution in [2.24, 2.45) is 0 Å². The number of H-pyrrole nitrogens is 1. The van der Waals surface area contributed by atoms with Gasteiger partial charge in [0.15, 0.2) is 5.82 Å². The standard InChI is InChI=1S/C25H19Cl5N4O2/c1-12-3-5-17-20(7-12)33-34-22(17)32-23(35)18-11-16(4-6-19(18)28)31-24(36)21(25(2,29)30)13-8-14(26)10-15(27)9-13/h3-11,21H,1-2H3,(H,31,36)(H2,32,33,34,35). The summed E-state index contributed by atoms with van der Waals surface area (Å²) in [7, 11) is 0. The number of anilines is 2. The third-order valence-electron chi connectivity index (χ3n) is 5.42. The summed E-state index contributed by atoms with van der Waals surface area (Å²) in [4.78, 5) is 26.3. The zero-order valence-corrected chi connectivity index (χ0v) is 22.7. The van der Waals surface area contributed by atoms with Crippen LogP contribution in [0.4, 0.5) is 11.5 Å². The summed E-state index contributed by atoms with van der Waals surface area (Å²) in [6.07, 6.45) is 0. The average molecular weight is 585 g/mol. The minimum Gasteiger partial charge on any atom is -0.325 e. The zero-order chi connectivity index (χ0) is 26.2. The number of benzene rings is 3. The Morgan fingerprint density at radius 2 is 1.64 bits per heavy atom. The van der Waals surface area contributed by atoms with Crippen molar-refractivity contribution in [2.75, 3.05) is 10.6 Å². The number of nitrogens with one attached hydrogen (secondary N) is 3. The molecular formula is C25H19Cl5N4O2. The second-order valence-electron chi connectivity index (χ2n) is 8.35. The quantitative estimate of drug-likeness (QED) is 0.201. The number of aromatic amines is 1. The molecule has 0 saturated carbocycles. The van der Waals surface area contributed by atoms with E-state index < -0.39 is 22.1 Å². The molecule has 0 fully saturated rings. The van der Waals surface area contributed by atoms with Crippen molar-refractivity contribution < 1.29 is 9.59 Å². The van der Waals surface area contributed by atoms with E-state index in [2.05, 4.69) is 20.8 Å². The van der Waals surface area contributed by atoms with Gasteiger partial charge in [0.1, 0.15) is 4.33 Å². The summed E-state index contributed by atoms with van der Waals surface area (Å²) >= 11 is 31.3. The Morgan fingerprint density at radius 3 is 2.31 bits per heavy atom. The molecule has 6 nitrogen and oxygen atoms in total. The van der Waals surface area contributed by atoms with E-state index in [-0.39, 0.29) is 10.6 Å². The maximum Gasteiger partial charge on any atom is 0.258 e. The minimum atomic E-state index is -1.50. The molecule has 4 rings (SSSR count). The Bertz CT molecular complexity index is 1460. The van der Waals surface area contributed by atoms with Crippen molar-refractivity contribution in [1.29, 1.82) is 0 Å². The first kappa shape index (κ1) is 26.6. The normalized spacial score (nSPS) is 12.4. The highest BCUT2D eigenvalue weighted by molar-refractivity contribution is 6.50. The Hall–Kier alpha value is -2.48. The number of carbonyl (C=O) groups excluding carboxylic acids is 2. The number of fused-ring (bicyclic) bond motifs is 1. The third-order valence-corrected chi connectivity index (χ3v) is 6.62. The van der Waals surface area contributed by atoms with Crippen molar-refractivity contribution in [2.45, 2.75) is 24.1 Å². The van der Waals surface area contributed by atoms with Crippen LogP contribution < -0.4 is 10.6 Å². The van der Waals surface area contributed by atoms with Crippen LogP contribution in [0.1, 0.15) is 34.3 Å². The number of rotatable bonds is 6. The third kappa shape index (κ3) is 5.90. The molecule has 3 aromatic carbocycles. The summed E-state index contributed by atoms with van der Waals surface area (Å²) in [6.45, 7) is 3.45. The summed E-state index contributed by atoms with van der Waals surface area (Å²) in [5.41, 5.74) is 2.73. The highest BCUT2D eigenvalue weighted by atomic mass is 35.5. The maximum atomic E-state index is 13.3. The molecule has 11 heteroatoms. The average Bonchev–Trinajstić information content (AvgIpc) is 3.15. The number of nitrogens with zero attached hydrogens (tertiary/aromatic N) is 1. The maximum absolute atomic E-state index is 13.3. The van der Waals surface area contributed by atoms with Crippen LogP contribution in [0, 0.1) is 6.92 Å². The molecular weight excluding hydrogens is 566 g/mol. The fourth-order valence-electron chi connectivity index (χ4n) is 3.81. The van der Waals surface area contributed by atoms with Gasteiger partial charge in [-0.3, -0.25) is 14.7 Å². The van der Waals surface area contributed by atoms with Gasteiger partial charge < -0.3 is 10.6 Å². The van der Waals surface area contributed by atoms with Crippen molar-refractivity contribution in [3.05, 3.63) is 86.4 Å². The van der Waals surface area contributed by atoms with E-state index in [4.69, 9.17) is 58.0 Å². The van der Waals surface area contributed by atoms with Crippen LogP contribution in [0.15, 0.2) is 54.6 Å². The van der Waals surface area contributed by atoms with E-state index in [9.17, 15) is 9.59 Å². The molecule has 36 heavy (non-hydrogen) atoms. The molecule has 3 N–H and O–H groups in total. The SMILES string of the molecule is Cc1ccc2c(NC(=O)c3cc(NC(=O)C(c4cc(Cl)cc(Cl)c4)C(C)(Cl)Cl)ccc3Cl)n[nH]c2c1. The van der Waals surface area contributed by atoms with Gasteiger partial charge in [-0.1, -0.05) is 40.9 Å². The van der Waals surface area contributed by atoms with Gasteiger partial charge in [-0.2, -0.15) is 5.10 Å².